The molecule has 278 valence electrons. The lowest BCUT2D eigenvalue weighted by Gasteiger charge is -2.28. The number of fused-ring (bicyclic) bond motifs is 1. The number of phenols is 1. The second-order valence-corrected chi connectivity index (χ2v) is 14.7. The fourth-order valence-electron chi connectivity index (χ4n) is 5.92. The summed E-state index contributed by atoms with van der Waals surface area (Å²) in [4.78, 5) is 52.8. The summed E-state index contributed by atoms with van der Waals surface area (Å²) in [5.74, 6) is 1.32. The number of alkyl carbamates (subject to hydrolysis) is 1. The van der Waals surface area contributed by atoms with Gasteiger partial charge in [0.1, 0.15) is 17.1 Å². The Bertz CT molecular complexity index is 2030. The maximum atomic E-state index is 13.7. The zero-order valence-electron chi connectivity index (χ0n) is 30.1. The highest BCUT2D eigenvalue weighted by Gasteiger charge is 2.25. The summed E-state index contributed by atoms with van der Waals surface area (Å²) in [6.07, 6.45) is 3.85. The monoisotopic (exact) mass is 740 g/mol. The van der Waals surface area contributed by atoms with Crippen LogP contribution in [0.15, 0.2) is 67.3 Å². The lowest BCUT2D eigenvalue weighted by atomic mass is 10.0. The first-order valence-electron chi connectivity index (χ1n) is 17.6. The number of nitrogens with one attached hydrogen (secondary N) is 2. The summed E-state index contributed by atoms with van der Waals surface area (Å²) in [5.41, 5.74) is 2.93. The third-order valence-corrected chi connectivity index (χ3v) is 9.70. The summed E-state index contributed by atoms with van der Waals surface area (Å²) in [6, 6.07) is 14.0. The van der Waals surface area contributed by atoms with Crippen LogP contribution in [0, 0.1) is 0 Å². The van der Waals surface area contributed by atoms with Crippen LogP contribution in [0.5, 0.6) is 11.5 Å². The van der Waals surface area contributed by atoms with E-state index in [2.05, 4.69) is 34.3 Å². The number of aromatic hydroxyl groups is 1. The first-order chi connectivity index (χ1) is 25.5. The number of carbonyl (C=O) groups is 3. The summed E-state index contributed by atoms with van der Waals surface area (Å²) < 4.78 is 17.8. The molecule has 2 aromatic carbocycles. The van der Waals surface area contributed by atoms with E-state index >= 15 is 0 Å². The van der Waals surface area contributed by atoms with E-state index in [1.54, 1.807) is 73.4 Å². The quantitative estimate of drug-likeness (QED) is 0.119. The van der Waals surface area contributed by atoms with Crippen LogP contribution in [0.4, 0.5) is 16.3 Å². The van der Waals surface area contributed by atoms with Crippen molar-refractivity contribution < 1.29 is 33.7 Å². The number of rotatable bonds is 11. The van der Waals surface area contributed by atoms with Crippen LogP contribution >= 0.6 is 11.3 Å². The molecule has 13 nitrogen and oxygen atoms in total. The van der Waals surface area contributed by atoms with Crippen molar-refractivity contribution in [3.05, 3.63) is 77.7 Å². The second kappa shape index (κ2) is 16.5. The summed E-state index contributed by atoms with van der Waals surface area (Å²) in [7, 11) is 0. The van der Waals surface area contributed by atoms with Gasteiger partial charge >= 0.3 is 6.09 Å². The van der Waals surface area contributed by atoms with Gasteiger partial charge in [-0.2, -0.15) is 0 Å². The van der Waals surface area contributed by atoms with Crippen molar-refractivity contribution in [1.82, 2.24) is 20.2 Å². The van der Waals surface area contributed by atoms with E-state index in [4.69, 9.17) is 24.2 Å². The number of hydrogen-bond donors (Lipinski definition) is 3. The average molecular weight is 741 g/mol. The van der Waals surface area contributed by atoms with Gasteiger partial charge in [0, 0.05) is 48.7 Å². The molecule has 1 fully saturated rings. The highest BCUT2D eigenvalue weighted by atomic mass is 32.1. The molecule has 2 aliphatic rings. The van der Waals surface area contributed by atoms with Gasteiger partial charge in [0.15, 0.2) is 11.6 Å². The topological polar surface area (TPSA) is 155 Å². The molecule has 6 rings (SSSR count). The van der Waals surface area contributed by atoms with Crippen molar-refractivity contribution in [1.29, 1.82) is 0 Å². The Morgan fingerprint density at radius 3 is 2.60 bits per heavy atom. The normalized spacial score (nSPS) is 14.7. The Kier molecular flexibility index (Phi) is 11.6. The highest BCUT2D eigenvalue weighted by Crippen LogP contribution is 2.39. The molecule has 0 radical (unpaired) electrons. The second-order valence-electron chi connectivity index (χ2n) is 13.6. The zero-order chi connectivity index (χ0) is 37.5. The van der Waals surface area contributed by atoms with Gasteiger partial charge in [-0.05, 0) is 81.7 Å². The first-order valence-corrected chi connectivity index (χ1v) is 18.4. The van der Waals surface area contributed by atoms with Crippen molar-refractivity contribution >= 4 is 56.5 Å². The number of anilines is 2. The minimum atomic E-state index is -0.599. The predicted molar refractivity (Wildman–Crippen MR) is 206 cm³/mol. The number of ether oxygens (including phenoxy) is 3. The van der Waals surface area contributed by atoms with Crippen LogP contribution in [0.25, 0.3) is 27.2 Å². The standard InChI is InChI=1S/C39H44N6O7S/c1-5-33(47)41-29-11-10-27(23-31(29)51-19-7-14-40-38(49)52-39(2,3)4)37(48)45-15-12-25(13-16-45)32-24-30-34(53-32)36(44-17-20-50-21-18-44)43-35(42-30)26-8-6-9-28(46)22-26/h5-6,8-12,22-24,46H,1,7,13-21H2,2-4H3,(H,40,49)(H,41,47). The van der Waals surface area contributed by atoms with E-state index < -0.39 is 17.6 Å². The molecule has 0 unspecified atom stereocenters. The number of phenolic OH excluding ortho intramolecular Hbond substituents is 1. The third kappa shape index (κ3) is 9.50. The molecule has 2 aromatic heterocycles. The number of aromatic nitrogens is 2. The molecule has 4 heterocycles. The minimum absolute atomic E-state index is 0.153. The summed E-state index contributed by atoms with van der Waals surface area (Å²) in [6.45, 7) is 13.0. The largest absolute Gasteiger partial charge is 0.508 e. The van der Waals surface area contributed by atoms with Crippen molar-refractivity contribution in [3.63, 3.8) is 0 Å². The maximum absolute atomic E-state index is 13.7. The van der Waals surface area contributed by atoms with E-state index in [1.165, 1.54) is 0 Å². The average Bonchev–Trinajstić information content (AvgIpc) is 3.59. The lowest BCUT2D eigenvalue weighted by Crippen LogP contribution is -2.36. The number of carbonyl (C=O) groups excluding carboxylic acids is 3. The van der Waals surface area contributed by atoms with Gasteiger partial charge in [0.05, 0.1) is 35.7 Å². The van der Waals surface area contributed by atoms with E-state index in [0.29, 0.717) is 68.5 Å². The Hall–Kier alpha value is -5.47. The number of amides is 3. The molecule has 2 aliphatic heterocycles. The fraction of sp³-hybridized carbons (Fsp3) is 0.359. The number of nitrogens with zero attached hydrogens (tertiary/aromatic N) is 4. The van der Waals surface area contributed by atoms with E-state index in [-0.39, 0.29) is 18.3 Å². The van der Waals surface area contributed by atoms with Crippen molar-refractivity contribution in [2.75, 3.05) is 62.8 Å². The molecule has 3 amide bonds. The molecule has 0 saturated carbocycles. The van der Waals surface area contributed by atoms with Crippen LogP contribution < -0.4 is 20.3 Å². The first kappa shape index (κ1) is 37.3. The van der Waals surface area contributed by atoms with Crippen molar-refractivity contribution in [2.45, 2.75) is 39.2 Å². The molecule has 0 atom stereocenters. The van der Waals surface area contributed by atoms with Crippen LogP contribution in [-0.2, 0) is 14.3 Å². The number of benzene rings is 2. The van der Waals surface area contributed by atoms with E-state index in [9.17, 15) is 19.5 Å². The van der Waals surface area contributed by atoms with Gasteiger partial charge in [0.2, 0.25) is 5.91 Å². The Labute approximate surface area is 312 Å². The Morgan fingerprint density at radius 1 is 1.08 bits per heavy atom. The molecule has 0 bridgehead atoms. The molecule has 53 heavy (non-hydrogen) atoms. The Balaban J connectivity index is 1.16. The molecule has 1 saturated heterocycles. The van der Waals surface area contributed by atoms with Crippen LogP contribution in [-0.4, -0.2) is 96.0 Å². The molecular formula is C39H44N6O7S. The molecular weight excluding hydrogens is 697 g/mol. The number of thiophene rings is 1. The van der Waals surface area contributed by atoms with Crippen LogP contribution in [0.2, 0.25) is 0 Å². The van der Waals surface area contributed by atoms with Crippen molar-refractivity contribution in [2.24, 2.45) is 0 Å². The number of morpholine rings is 1. The maximum Gasteiger partial charge on any atom is 0.407 e. The predicted octanol–water partition coefficient (Wildman–Crippen LogP) is 6.25. The van der Waals surface area contributed by atoms with Crippen LogP contribution in [0.1, 0.15) is 48.8 Å². The minimum Gasteiger partial charge on any atom is -0.508 e. The molecule has 3 N–H and O–H groups in total. The van der Waals surface area contributed by atoms with Gasteiger partial charge in [0.25, 0.3) is 5.91 Å². The lowest BCUT2D eigenvalue weighted by molar-refractivity contribution is -0.111. The van der Waals surface area contributed by atoms with Gasteiger partial charge < -0.3 is 39.8 Å². The van der Waals surface area contributed by atoms with Gasteiger partial charge in [-0.3, -0.25) is 9.59 Å². The molecule has 14 heteroatoms. The summed E-state index contributed by atoms with van der Waals surface area (Å²) in [5, 5.41) is 15.5. The SMILES string of the molecule is C=CC(=O)Nc1ccc(C(=O)N2CC=C(c3cc4nc(-c5cccc(O)c5)nc(N5CCOCC5)c4s3)CC2)cc1OCCCNC(=O)OC(C)(C)C. The fourth-order valence-corrected chi connectivity index (χ4v) is 7.10. The smallest absolute Gasteiger partial charge is 0.407 e. The highest BCUT2D eigenvalue weighted by molar-refractivity contribution is 7.20. The third-order valence-electron chi connectivity index (χ3n) is 8.50. The van der Waals surface area contributed by atoms with E-state index in [0.717, 1.165) is 51.2 Å². The molecule has 4 aromatic rings. The molecule has 0 spiro atoms. The van der Waals surface area contributed by atoms with Crippen LogP contribution in [0.3, 0.4) is 0 Å². The van der Waals surface area contributed by atoms with Gasteiger partial charge in [-0.25, -0.2) is 14.8 Å². The van der Waals surface area contributed by atoms with E-state index in [1.807, 2.05) is 6.07 Å². The number of hydrogen-bond acceptors (Lipinski definition) is 11. The Morgan fingerprint density at radius 2 is 1.89 bits per heavy atom. The van der Waals surface area contributed by atoms with Crippen molar-refractivity contribution in [3.8, 4) is 22.9 Å². The zero-order valence-corrected chi connectivity index (χ0v) is 31.0. The van der Waals surface area contributed by atoms with Gasteiger partial charge in [-0.1, -0.05) is 24.8 Å². The van der Waals surface area contributed by atoms with Gasteiger partial charge in [-0.15, -0.1) is 11.3 Å². The summed E-state index contributed by atoms with van der Waals surface area (Å²) >= 11 is 1.65. The molecule has 0 aliphatic carbocycles.